The fourth-order valence-corrected chi connectivity index (χ4v) is 3.12. The Kier molecular flexibility index (Phi) is 4.20. The van der Waals surface area contributed by atoms with E-state index in [-0.39, 0.29) is 11.7 Å². The van der Waals surface area contributed by atoms with Crippen LogP contribution in [0.3, 0.4) is 0 Å². The van der Waals surface area contributed by atoms with E-state index in [0.717, 1.165) is 18.7 Å². The first-order chi connectivity index (χ1) is 8.97. The van der Waals surface area contributed by atoms with Crippen LogP contribution in [0.15, 0.2) is 24.3 Å². The van der Waals surface area contributed by atoms with Gasteiger partial charge in [-0.1, -0.05) is 26.0 Å². The molecule has 1 heterocycles. The summed E-state index contributed by atoms with van der Waals surface area (Å²) in [4.78, 5) is 13.9. The van der Waals surface area contributed by atoms with Crippen LogP contribution < -0.4 is 5.73 Å². The Bertz CT molecular complexity index is 436. The van der Waals surface area contributed by atoms with Crippen LogP contribution in [0.5, 0.6) is 0 Å². The van der Waals surface area contributed by atoms with Crippen molar-refractivity contribution in [1.82, 2.24) is 4.90 Å². The number of nitrogens with two attached hydrogens (primary N) is 1. The Morgan fingerprint density at radius 2 is 1.79 bits per heavy atom. The van der Waals surface area contributed by atoms with Crippen molar-refractivity contribution in [2.75, 3.05) is 13.1 Å². The summed E-state index contributed by atoms with van der Waals surface area (Å²) in [5.41, 5.74) is 6.33. The molecule has 0 unspecified atom stereocenters. The maximum atomic E-state index is 13.0. The van der Waals surface area contributed by atoms with Crippen LogP contribution in [0.2, 0.25) is 0 Å². The third-order valence-corrected chi connectivity index (χ3v) is 3.72. The second-order valence-corrected chi connectivity index (χ2v) is 5.76. The first kappa shape index (κ1) is 14.0. The van der Waals surface area contributed by atoms with Gasteiger partial charge >= 0.3 is 0 Å². The van der Waals surface area contributed by atoms with Gasteiger partial charge < -0.3 is 5.73 Å². The van der Waals surface area contributed by atoms with Gasteiger partial charge in [0.1, 0.15) is 11.9 Å². The van der Waals surface area contributed by atoms with Crippen molar-refractivity contribution in [3.05, 3.63) is 35.6 Å². The van der Waals surface area contributed by atoms with Gasteiger partial charge in [0.05, 0.1) is 0 Å². The highest BCUT2D eigenvalue weighted by Gasteiger charge is 2.31. The molecule has 1 aliphatic heterocycles. The summed E-state index contributed by atoms with van der Waals surface area (Å²) in [6.07, 6.45) is 1.17. The topological polar surface area (TPSA) is 46.3 Å². The first-order valence-electron chi connectivity index (χ1n) is 6.76. The van der Waals surface area contributed by atoms with Gasteiger partial charge in [0.15, 0.2) is 0 Å². The predicted molar refractivity (Wildman–Crippen MR) is 72.9 cm³/mol. The molecule has 0 radical (unpaired) electrons. The molecular formula is C15H21FN2O. The molecule has 1 aromatic rings. The van der Waals surface area contributed by atoms with E-state index in [2.05, 4.69) is 18.7 Å². The van der Waals surface area contributed by atoms with Crippen molar-refractivity contribution in [2.45, 2.75) is 26.3 Å². The van der Waals surface area contributed by atoms with E-state index in [4.69, 9.17) is 5.73 Å². The number of hydrogen-bond donors (Lipinski definition) is 1. The van der Waals surface area contributed by atoms with Crippen molar-refractivity contribution in [3.63, 3.8) is 0 Å². The SMILES string of the molecule is C[C@@H]1C[C@H](C)CN([C@H](C(N)=O)c2ccc(F)cc2)C1. The molecule has 3 atom stereocenters. The van der Waals surface area contributed by atoms with Crippen molar-refractivity contribution in [2.24, 2.45) is 17.6 Å². The fraction of sp³-hybridized carbons (Fsp3) is 0.533. The van der Waals surface area contributed by atoms with Crippen LogP contribution in [0.4, 0.5) is 4.39 Å². The number of carbonyl (C=O) groups excluding carboxylic acids is 1. The summed E-state index contributed by atoms with van der Waals surface area (Å²) in [6, 6.07) is 5.60. The number of carbonyl (C=O) groups is 1. The summed E-state index contributed by atoms with van der Waals surface area (Å²) in [7, 11) is 0. The van der Waals surface area contributed by atoms with E-state index >= 15 is 0 Å². The Balaban J connectivity index is 2.24. The fourth-order valence-electron chi connectivity index (χ4n) is 3.12. The van der Waals surface area contributed by atoms with Crippen LogP contribution in [0.1, 0.15) is 31.9 Å². The maximum Gasteiger partial charge on any atom is 0.239 e. The molecule has 0 spiro atoms. The van der Waals surface area contributed by atoms with E-state index < -0.39 is 6.04 Å². The second kappa shape index (κ2) is 5.70. The standard InChI is InChI=1S/C15H21FN2O/c1-10-7-11(2)9-18(8-10)14(15(17)19)12-3-5-13(16)6-4-12/h3-6,10-11,14H,7-9H2,1-2H3,(H2,17,19)/t10-,11+,14-/m0/s1. The van der Waals surface area contributed by atoms with Gasteiger partial charge in [-0.15, -0.1) is 0 Å². The largest absolute Gasteiger partial charge is 0.368 e. The molecule has 3 nitrogen and oxygen atoms in total. The first-order valence-corrected chi connectivity index (χ1v) is 6.76. The lowest BCUT2D eigenvalue weighted by atomic mass is 9.89. The Morgan fingerprint density at radius 3 is 2.26 bits per heavy atom. The molecular weight excluding hydrogens is 243 g/mol. The number of hydrogen-bond acceptors (Lipinski definition) is 2. The lowest BCUT2D eigenvalue weighted by Crippen LogP contribution is -2.45. The molecule has 1 saturated heterocycles. The number of amides is 1. The summed E-state index contributed by atoms with van der Waals surface area (Å²) < 4.78 is 13.0. The Labute approximate surface area is 113 Å². The molecule has 104 valence electrons. The number of benzene rings is 1. The highest BCUT2D eigenvalue weighted by molar-refractivity contribution is 5.81. The minimum absolute atomic E-state index is 0.299. The third kappa shape index (κ3) is 3.32. The average molecular weight is 264 g/mol. The predicted octanol–water partition coefficient (Wildman–Crippen LogP) is 2.33. The van der Waals surface area contributed by atoms with Crippen molar-refractivity contribution in [3.8, 4) is 0 Å². The smallest absolute Gasteiger partial charge is 0.239 e. The minimum atomic E-state index is -0.453. The molecule has 0 aliphatic carbocycles. The number of piperidine rings is 1. The van der Waals surface area contributed by atoms with Crippen LogP contribution in [0, 0.1) is 17.7 Å². The van der Waals surface area contributed by atoms with Crippen LogP contribution in [0.25, 0.3) is 0 Å². The highest BCUT2D eigenvalue weighted by Crippen LogP contribution is 2.29. The van der Waals surface area contributed by atoms with Gasteiger partial charge in [-0.05, 0) is 36.0 Å². The molecule has 1 aromatic carbocycles. The van der Waals surface area contributed by atoms with Crippen LogP contribution in [-0.4, -0.2) is 23.9 Å². The monoisotopic (exact) mass is 264 g/mol. The zero-order chi connectivity index (χ0) is 14.0. The third-order valence-electron chi connectivity index (χ3n) is 3.72. The van der Waals surface area contributed by atoms with Crippen LogP contribution in [-0.2, 0) is 4.79 Å². The summed E-state index contributed by atoms with van der Waals surface area (Å²) in [6.45, 7) is 6.08. The molecule has 4 heteroatoms. The number of likely N-dealkylation sites (tertiary alicyclic amines) is 1. The van der Waals surface area contributed by atoms with Gasteiger partial charge in [-0.25, -0.2) is 4.39 Å². The zero-order valence-corrected chi connectivity index (χ0v) is 11.5. The molecule has 1 aliphatic rings. The normalized spacial score (nSPS) is 26.1. The molecule has 0 saturated carbocycles. The lowest BCUT2D eigenvalue weighted by Gasteiger charge is -2.39. The summed E-state index contributed by atoms with van der Waals surface area (Å²) in [5.74, 6) is 0.428. The van der Waals surface area contributed by atoms with E-state index in [1.807, 2.05) is 0 Å². The van der Waals surface area contributed by atoms with Crippen molar-refractivity contribution >= 4 is 5.91 Å². The van der Waals surface area contributed by atoms with Crippen molar-refractivity contribution < 1.29 is 9.18 Å². The minimum Gasteiger partial charge on any atom is -0.368 e. The van der Waals surface area contributed by atoms with Crippen LogP contribution >= 0.6 is 0 Å². The lowest BCUT2D eigenvalue weighted by molar-refractivity contribution is -0.124. The quantitative estimate of drug-likeness (QED) is 0.910. The van der Waals surface area contributed by atoms with E-state index in [1.54, 1.807) is 12.1 Å². The number of nitrogens with zero attached hydrogens (tertiary/aromatic N) is 1. The zero-order valence-electron chi connectivity index (χ0n) is 11.5. The van der Waals surface area contributed by atoms with Gasteiger partial charge in [-0.2, -0.15) is 0 Å². The summed E-state index contributed by atoms with van der Waals surface area (Å²) >= 11 is 0. The molecule has 2 rings (SSSR count). The molecule has 1 fully saturated rings. The van der Waals surface area contributed by atoms with E-state index in [9.17, 15) is 9.18 Å². The number of halogens is 1. The maximum absolute atomic E-state index is 13.0. The number of primary amides is 1. The molecule has 19 heavy (non-hydrogen) atoms. The molecule has 0 bridgehead atoms. The van der Waals surface area contributed by atoms with E-state index in [0.29, 0.717) is 11.8 Å². The molecule has 1 amide bonds. The Morgan fingerprint density at radius 1 is 1.26 bits per heavy atom. The van der Waals surface area contributed by atoms with Gasteiger partial charge in [0.25, 0.3) is 0 Å². The second-order valence-electron chi connectivity index (χ2n) is 5.76. The van der Waals surface area contributed by atoms with Gasteiger partial charge in [0, 0.05) is 13.1 Å². The highest BCUT2D eigenvalue weighted by atomic mass is 19.1. The molecule has 0 aromatic heterocycles. The average Bonchev–Trinajstić information content (AvgIpc) is 2.30. The summed E-state index contributed by atoms with van der Waals surface area (Å²) in [5, 5.41) is 0. The number of rotatable bonds is 3. The molecule has 2 N–H and O–H groups in total. The van der Waals surface area contributed by atoms with Crippen molar-refractivity contribution in [1.29, 1.82) is 0 Å². The van der Waals surface area contributed by atoms with E-state index in [1.165, 1.54) is 18.6 Å². The van der Waals surface area contributed by atoms with Gasteiger partial charge in [-0.3, -0.25) is 9.69 Å². The van der Waals surface area contributed by atoms with Gasteiger partial charge in [0.2, 0.25) is 5.91 Å². The Hall–Kier alpha value is -1.42.